The van der Waals surface area contributed by atoms with Gasteiger partial charge in [-0.2, -0.15) is 4.39 Å². The first-order valence-corrected chi connectivity index (χ1v) is 16.6. The van der Waals surface area contributed by atoms with Crippen molar-refractivity contribution < 1.29 is 47.0 Å². The van der Waals surface area contributed by atoms with E-state index in [-0.39, 0.29) is 53.7 Å². The molecule has 2 saturated heterocycles. The zero-order chi connectivity index (χ0) is 34.7. The van der Waals surface area contributed by atoms with Crippen LogP contribution in [0.25, 0.3) is 10.2 Å². The lowest BCUT2D eigenvalue weighted by atomic mass is 10.1. The summed E-state index contributed by atoms with van der Waals surface area (Å²) < 4.78 is 53.1. The zero-order valence-corrected chi connectivity index (χ0v) is 27.0. The molecule has 0 saturated carbocycles. The highest BCUT2D eigenvalue weighted by Gasteiger charge is 2.47. The lowest BCUT2D eigenvalue weighted by Gasteiger charge is -2.38. The van der Waals surface area contributed by atoms with E-state index in [1.165, 1.54) is 17.0 Å². The van der Waals surface area contributed by atoms with Gasteiger partial charge in [0.2, 0.25) is 11.7 Å². The van der Waals surface area contributed by atoms with Crippen molar-refractivity contribution >= 4 is 56.0 Å². The van der Waals surface area contributed by atoms with Gasteiger partial charge < -0.3 is 29.2 Å². The van der Waals surface area contributed by atoms with Crippen LogP contribution < -0.4 is 15.0 Å². The van der Waals surface area contributed by atoms with E-state index in [0.717, 1.165) is 42.4 Å². The van der Waals surface area contributed by atoms with Crippen molar-refractivity contribution in [3.05, 3.63) is 64.2 Å². The summed E-state index contributed by atoms with van der Waals surface area (Å²) in [7, 11) is 0. The van der Waals surface area contributed by atoms with Gasteiger partial charge in [-0.1, -0.05) is 24.0 Å². The quantitative estimate of drug-likeness (QED) is 0.110. The maximum absolute atomic E-state index is 15.5. The summed E-state index contributed by atoms with van der Waals surface area (Å²) in [5, 5.41) is 13.7. The van der Waals surface area contributed by atoms with E-state index < -0.39 is 58.7 Å². The number of fused-ring (bicyclic) bond motifs is 3. The molecule has 0 spiro atoms. The van der Waals surface area contributed by atoms with Crippen LogP contribution >= 0.6 is 11.3 Å². The number of carbonyl (C=O) groups is 3. The Morgan fingerprint density at radius 1 is 1.18 bits per heavy atom. The predicted molar refractivity (Wildman–Crippen MR) is 173 cm³/mol. The topological polar surface area (TPSA) is 163 Å². The first kappa shape index (κ1) is 34.1. The molecule has 2 fully saturated rings. The number of rotatable bonds is 11. The molecule has 0 aliphatic carbocycles. The van der Waals surface area contributed by atoms with Crippen molar-refractivity contribution in [2.45, 2.75) is 63.5 Å². The molecule has 14 nitrogen and oxygen atoms in total. The molecule has 0 radical (unpaired) electrons. The van der Waals surface area contributed by atoms with Gasteiger partial charge in [0.25, 0.3) is 5.91 Å². The standard InChI is InChI=1S/C32H33F2N5O9S/c1-2-11-47-32(42)38-23-16-25(45-13-6-8-27(40)36-31-35-21-15-19(33)24(39(43)44)17-26(21)49-31)20(34)14-18(23)29(41)37-10-5-7-22(37)30(38)48-28-9-3-4-12-46-28/h2,14-17,22,28,30H,1,3-13H2,(H,35,36,40)/t22-,28?,30?/m0/s1. The van der Waals surface area contributed by atoms with E-state index >= 15 is 4.39 Å². The van der Waals surface area contributed by atoms with Gasteiger partial charge in [-0.25, -0.2) is 19.1 Å². The number of thiazole rings is 1. The van der Waals surface area contributed by atoms with Crippen LogP contribution in [-0.2, 0) is 19.0 Å². The molecule has 2 aromatic carbocycles. The molecule has 2 unspecified atom stereocenters. The van der Waals surface area contributed by atoms with Crippen LogP contribution in [0.3, 0.4) is 0 Å². The van der Waals surface area contributed by atoms with Crippen LogP contribution in [0.4, 0.5) is 30.1 Å². The number of hydrogen-bond acceptors (Lipinski definition) is 11. The van der Waals surface area contributed by atoms with Crippen LogP contribution in [-0.4, -0.2) is 77.6 Å². The number of ether oxygens (including phenoxy) is 4. The minimum Gasteiger partial charge on any atom is -0.490 e. The van der Waals surface area contributed by atoms with Crippen molar-refractivity contribution in [1.29, 1.82) is 0 Å². The lowest BCUT2D eigenvalue weighted by molar-refractivity contribution is -0.387. The minimum absolute atomic E-state index is 0.0518. The van der Waals surface area contributed by atoms with Gasteiger partial charge in [0.05, 0.1) is 39.0 Å². The highest BCUT2D eigenvalue weighted by molar-refractivity contribution is 7.22. The van der Waals surface area contributed by atoms with Gasteiger partial charge in [0.15, 0.2) is 29.2 Å². The summed E-state index contributed by atoms with van der Waals surface area (Å²) in [5.74, 6) is -3.04. The summed E-state index contributed by atoms with van der Waals surface area (Å²) in [6.07, 6.45) is 2.63. The molecule has 3 aliphatic heterocycles. The Morgan fingerprint density at radius 3 is 2.78 bits per heavy atom. The van der Waals surface area contributed by atoms with Crippen LogP contribution in [0.2, 0.25) is 0 Å². The fourth-order valence-corrected chi connectivity index (χ4v) is 6.98. The SMILES string of the molecule is C=CCOC(=O)N1c2cc(OCCCC(=O)Nc3nc4cc(F)c([N+](=O)[O-])cc4s3)c(F)cc2C(=O)N2CCC[C@H]2C1OC1CCCCO1. The highest BCUT2D eigenvalue weighted by Crippen LogP contribution is 2.40. The van der Waals surface area contributed by atoms with Gasteiger partial charge >= 0.3 is 11.8 Å². The predicted octanol–water partition coefficient (Wildman–Crippen LogP) is 5.90. The molecule has 6 rings (SSSR count). The van der Waals surface area contributed by atoms with Crippen molar-refractivity contribution in [1.82, 2.24) is 9.88 Å². The van der Waals surface area contributed by atoms with Crippen LogP contribution in [0.5, 0.6) is 5.75 Å². The lowest BCUT2D eigenvalue weighted by Crippen LogP contribution is -2.54. The molecular formula is C32H33F2N5O9S. The number of benzene rings is 2. The molecular weight excluding hydrogens is 668 g/mol. The zero-order valence-electron chi connectivity index (χ0n) is 26.2. The summed E-state index contributed by atoms with van der Waals surface area (Å²) in [4.78, 5) is 57.0. The normalized spacial score (nSPS) is 20.4. The van der Waals surface area contributed by atoms with Gasteiger partial charge in [-0.05, 0) is 44.6 Å². The Bertz CT molecular complexity index is 1780. The molecule has 1 N–H and O–H groups in total. The molecule has 49 heavy (non-hydrogen) atoms. The third-order valence-corrected chi connectivity index (χ3v) is 9.27. The Labute approximate surface area is 282 Å². The van der Waals surface area contributed by atoms with Gasteiger partial charge in [-0.3, -0.25) is 19.7 Å². The molecule has 0 bridgehead atoms. The minimum atomic E-state index is -1.04. The van der Waals surface area contributed by atoms with Crippen LogP contribution in [0.15, 0.2) is 36.9 Å². The number of anilines is 2. The number of nitrogens with one attached hydrogen (secondary N) is 1. The number of nitro benzene ring substituents is 1. The molecule has 1 aromatic heterocycles. The number of nitro groups is 1. The van der Waals surface area contributed by atoms with Crippen molar-refractivity contribution in [3.8, 4) is 5.75 Å². The van der Waals surface area contributed by atoms with Gasteiger partial charge in [0.1, 0.15) is 6.61 Å². The first-order valence-electron chi connectivity index (χ1n) is 15.8. The Morgan fingerprint density at radius 2 is 2.02 bits per heavy atom. The second kappa shape index (κ2) is 14.8. The average Bonchev–Trinajstić information content (AvgIpc) is 3.70. The van der Waals surface area contributed by atoms with E-state index in [0.29, 0.717) is 37.1 Å². The molecule has 4 heterocycles. The second-order valence-corrected chi connectivity index (χ2v) is 12.6. The van der Waals surface area contributed by atoms with Crippen molar-refractivity contribution in [3.63, 3.8) is 0 Å². The number of aromatic nitrogens is 1. The number of halogens is 2. The maximum atomic E-state index is 15.5. The Kier molecular flexibility index (Phi) is 10.3. The molecule has 3 amide bonds. The van der Waals surface area contributed by atoms with E-state index in [9.17, 15) is 28.9 Å². The molecule has 3 aliphatic rings. The van der Waals surface area contributed by atoms with E-state index in [2.05, 4.69) is 16.9 Å². The Balaban J connectivity index is 1.18. The second-order valence-electron chi connectivity index (χ2n) is 11.6. The monoisotopic (exact) mass is 701 g/mol. The summed E-state index contributed by atoms with van der Waals surface area (Å²) in [6, 6.07) is 3.74. The summed E-state index contributed by atoms with van der Waals surface area (Å²) in [6.45, 7) is 4.27. The summed E-state index contributed by atoms with van der Waals surface area (Å²) in [5.41, 5.74) is -0.538. The Hall–Kier alpha value is -4.74. The van der Waals surface area contributed by atoms with Gasteiger partial charge in [0, 0.05) is 37.8 Å². The molecule has 260 valence electrons. The van der Waals surface area contributed by atoms with Crippen molar-refractivity contribution in [2.75, 3.05) is 36.6 Å². The third kappa shape index (κ3) is 7.33. The molecule has 17 heteroatoms. The van der Waals surface area contributed by atoms with E-state index in [4.69, 9.17) is 18.9 Å². The smallest absolute Gasteiger partial charge is 0.416 e. The van der Waals surface area contributed by atoms with E-state index in [1.54, 1.807) is 4.90 Å². The number of carbonyl (C=O) groups excluding carboxylic acids is 3. The van der Waals surface area contributed by atoms with Crippen LogP contribution in [0, 0.1) is 21.7 Å². The fourth-order valence-electron chi connectivity index (χ4n) is 6.08. The fraction of sp³-hybridized carbons (Fsp3) is 0.438. The van der Waals surface area contributed by atoms with Crippen molar-refractivity contribution in [2.24, 2.45) is 0 Å². The van der Waals surface area contributed by atoms with E-state index in [1.807, 2.05) is 0 Å². The van der Waals surface area contributed by atoms with Crippen LogP contribution in [0.1, 0.15) is 55.3 Å². The third-order valence-electron chi connectivity index (χ3n) is 8.34. The van der Waals surface area contributed by atoms with Gasteiger partial charge in [-0.15, -0.1) is 0 Å². The largest absolute Gasteiger partial charge is 0.490 e. The number of nitrogens with zero attached hydrogens (tertiary/aromatic N) is 4. The highest BCUT2D eigenvalue weighted by atomic mass is 32.1. The molecule has 3 atom stereocenters. The first-order chi connectivity index (χ1) is 23.6. The average molecular weight is 702 g/mol. The number of amides is 3. The maximum Gasteiger partial charge on any atom is 0.416 e. The molecule has 3 aromatic rings. The summed E-state index contributed by atoms with van der Waals surface area (Å²) >= 11 is 0.951. The number of hydrogen-bond donors (Lipinski definition) is 1.